The lowest BCUT2D eigenvalue weighted by Gasteiger charge is -2.21. The minimum Gasteiger partial charge on any atom is -0.489 e. The predicted octanol–water partition coefficient (Wildman–Crippen LogP) is 4.34. The lowest BCUT2D eigenvalue weighted by atomic mass is 10.0. The topological polar surface area (TPSA) is 68.5 Å². The highest BCUT2D eigenvalue weighted by Crippen LogP contribution is 2.26. The van der Waals surface area contributed by atoms with Crippen LogP contribution in [-0.2, 0) is 24.4 Å². The van der Waals surface area contributed by atoms with Crippen molar-refractivity contribution >= 4 is 5.69 Å². The molecule has 0 amide bonds. The minimum absolute atomic E-state index is 0.163. The van der Waals surface area contributed by atoms with Crippen molar-refractivity contribution in [2.45, 2.75) is 32.1 Å². The molecular formula is C25H29N3O2. The Labute approximate surface area is 178 Å². The van der Waals surface area contributed by atoms with Gasteiger partial charge in [-0.05, 0) is 72.5 Å². The molecule has 4 N–H and O–H groups in total. The Morgan fingerprint density at radius 2 is 1.87 bits per heavy atom. The summed E-state index contributed by atoms with van der Waals surface area (Å²) in [6, 6.07) is 24.6. The van der Waals surface area contributed by atoms with E-state index in [1.807, 2.05) is 42.5 Å². The van der Waals surface area contributed by atoms with Gasteiger partial charge >= 0.3 is 0 Å². The summed E-state index contributed by atoms with van der Waals surface area (Å²) < 4.78 is 5.97. The van der Waals surface area contributed by atoms with Crippen molar-refractivity contribution in [3.63, 3.8) is 0 Å². The third-order valence-corrected chi connectivity index (χ3v) is 5.32. The Hall–Kier alpha value is -2.86. The summed E-state index contributed by atoms with van der Waals surface area (Å²) >= 11 is 0. The Morgan fingerprint density at radius 1 is 0.967 bits per heavy atom. The maximum Gasteiger partial charge on any atom is 0.120 e. The molecule has 0 radical (unpaired) electrons. The van der Waals surface area contributed by atoms with Crippen molar-refractivity contribution in [3.8, 4) is 5.75 Å². The van der Waals surface area contributed by atoms with Crippen LogP contribution in [0.25, 0.3) is 0 Å². The molecule has 0 spiro atoms. The average Bonchev–Trinajstić information content (AvgIpc) is 2.81. The zero-order valence-electron chi connectivity index (χ0n) is 17.1. The van der Waals surface area contributed by atoms with E-state index in [1.54, 1.807) is 0 Å². The monoisotopic (exact) mass is 403 g/mol. The van der Waals surface area contributed by atoms with Gasteiger partial charge in [0.1, 0.15) is 18.5 Å². The lowest BCUT2D eigenvalue weighted by molar-refractivity contribution is 0.0944. The van der Waals surface area contributed by atoms with Gasteiger partial charge in [0.05, 0.1) is 5.69 Å². The number of rotatable bonds is 9. The number of anilines is 1. The third kappa shape index (κ3) is 5.39. The molecule has 5 nitrogen and oxygen atoms in total. The van der Waals surface area contributed by atoms with Crippen LogP contribution in [0, 0.1) is 0 Å². The molecule has 1 unspecified atom stereocenters. The zero-order chi connectivity index (χ0) is 20.6. The summed E-state index contributed by atoms with van der Waals surface area (Å²) in [5, 5.41) is 3.41. The second-order valence-corrected chi connectivity index (χ2v) is 7.54. The standard InChI is InChI=1S/C25H29N3O2/c26-13-11-25(30-28-23-10-9-20-12-14-27-17-22(20)15-23)21-7-4-8-24(16-21)29-18-19-5-2-1-3-6-19/h1-10,15-16,25,27-28H,11-14,17-18,26H2. The molecule has 0 aromatic heterocycles. The fourth-order valence-corrected chi connectivity index (χ4v) is 3.67. The van der Waals surface area contributed by atoms with Crippen molar-refractivity contribution in [3.05, 3.63) is 95.1 Å². The van der Waals surface area contributed by atoms with Gasteiger partial charge in [0.15, 0.2) is 0 Å². The molecule has 0 fully saturated rings. The van der Waals surface area contributed by atoms with Crippen molar-refractivity contribution in [2.75, 3.05) is 18.6 Å². The number of hydrogen-bond donors (Lipinski definition) is 3. The molecule has 0 saturated carbocycles. The van der Waals surface area contributed by atoms with Crippen LogP contribution in [0.2, 0.25) is 0 Å². The summed E-state index contributed by atoms with van der Waals surface area (Å²) in [7, 11) is 0. The van der Waals surface area contributed by atoms with Gasteiger partial charge in [0, 0.05) is 6.54 Å². The highest BCUT2D eigenvalue weighted by atomic mass is 16.7. The van der Waals surface area contributed by atoms with E-state index in [4.69, 9.17) is 15.3 Å². The molecule has 1 atom stereocenters. The highest BCUT2D eigenvalue weighted by molar-refractivity contribution is 5.48. The van der Waals surface area contributed by atoms with E-state index in [0.717, 1.165) is 42.1 Å². The van der Waals surface area contributed by atoms with E-state index < -0.39 is 0 Å². The van der Waals surface area contributed by atoms with E-state index in [-0.39, 0.29) is 6.10 Å². The SMILES string of the molecule is NCCC(ONc1ccc2c(c1)CNCC2)c1cccc(OCc2ccccc2)c1. The largest absolute Gasteiger partial charge is 0.489 e. The summed E-state index contributed by atoms with van der Waals surface area (Å²) in [4.78, 5) is 6.06. The van der Waals surface area contributed by atoms with Crippen molar-refractivity contribution in [1.29, 1.82) is 0 Å². The molecule has 156 valence electrons. The molecule has 0 saturated heterocycles. The van der Waals surface area contributed by atoms with Crippen LogP contribution in [-0.4, -0.2) is 13.1 Å². The van der Waals surface area contributed by atoms with Crippen molar-refractivity contribution in [1.82, 2.24) is 5.32 Å². The summed E-state index contributed by atoms with van der Waals surface area (Å²) in [6.07, 6.45) is 1.62. The first-order valence-electron chi connectivity index (χ1n) is 10.5. The van der Waals surface area contributed by atoms with E-state index in [2.05, 4.69) is 41.1 Å². The molecule has 3 aromatic rings. The number of hydrogen-bond acceptors (Lipinski definition) is 5. The van der Waals surface area contributed by atoms with Crippen LogP contribution in [0.1, 0.15) is 34.8 Å². The van der Waals surface area contributed by atoms with E-state index in [9.17, 15) is 0 Å². The fourth-order valence-electron chi connectivity index (χ4n) is 3.67. The normalized spacial score (nSPS) is 14.0. The summed E-state index contributed by atoms with van der Waals surface area (Å²) in [5.41, 5.74) is 14.8. The molecular weight excluding hydrogens is 374 g/mol. The molecule has 1 aliphatic heterocycles. The van der Waals surface area contributed by atoms with Gasteiger partial charge in [0.25, 0.3) is 0 Å². The average molecular weight is 404 g/mol. The van der Waals surface area contributed by atoms with Gasteiger partial charge in [-0.3, -0.25) is 10.3 Å². The Bertz CT molecular complexity index is 946. The number of ether oxygens (including phenoxy) is 1. The fraction of sp³-hybridized carbons (Fsp3) is 0.280. The van der Waals surface area contributed by atoms with Gasteiger partial charge in [0.2, 0.25) is 0 Å². The van der Waals surface area contributed by atoms with E-state index >= 15 is 0 Å². The smallest absolute Gasteiger partial charge is 0.120 e. The van der Waals surface area contributed by atoms with Gasteiger partial charge in [-0.15, -0.1) is 0 Å². The number of benzene rings is 3. The van der Waals surface area contributed by atoms with Gasteiger partial charge in [-0.25, -0.2) is 0 Å². The molecule has 4 rings (SSSR count). The second-order valence-electron chi connectivity index (χ2n) is 7.54. The molecule has 1 heterocycles. The molecule has 5 heteroatoms. The van der Waals surface area contributed by atoms with Gasteiger partial charge < -0.3 is 15.8 Å². The predicted molar refractivity (Wildman–Crippen MR) is 120 cm³/mol. The second kappa shape index (κ2) is 10.3. The van der Waals surface area contributed by atoms with E-state index in [1.165, 1.54) is 11.1 Å². The number of nitrogens with one attached hydrogen (secondary N) is 2. The molecule has 0 aliphatic carbocycles. The molecule has 3 aromatic carbocycles. The molecule has 30 heavy (non-hydrogen) atoms. The third-order valence-electron chi connectivity index (χ3n) is 5.32. The van der Waals surface area contributed by atoms with Crippen LogP contribution in [0.4, 0.5) is 5.69 Å². The maximum absolute atomic E-state index is 6.06. The quantitative estimate of drug-likeness (QED) is 0.464. The Morgan fingerprint density at radius 3 is 2.73 bits per heavy atom. The summed E-state index contributed by atoms with van der Waals surface area (Å²) in [5.74, 6) is 0.821. The first-order valence-corrected chi connectivity index (χ1v) is 10.5. The zero-order valence-corrected chi connectivity index (χ0v) is 17.1. The lowest BCUT2D eigenvalue weighted by Crippen LogP contribution is -2.23. The molecule has 0 bridgehead atoms. The maximum atomic E-state index is 6.06. The summed E-state index contributed by atoms with van der Waals surface area (Å²) in [6.45, 7) is 3.01. The molecule has 1 aliphatic rings. The highest BCUT2D eigenvalue weighted by Gasteiger charge is 2.14. The number of fused-ring (bicyclic) bond motifs is 1. The first-order chi connectivity index (χ1) is 14.8. The van der Waals surface area contributed by atoms with Crippen LogP contribution < -0.4 is 21.3 Å². The Kier molecular flexibility index (Phi) is 6.98. The minimum atomic E-state index is -0.163. The van der Waals surface area contributed by atoms with Crippen LogP contribution in [0.15, 0.2) is 72.8 Å². The van der Waals surface area contributed by atoms with Gasteiger partial charge in [-0.2, -0.15) is 0 Å². The first kappa shape index (κ1) is 20.4. The van der Waals surface area contributed by atoms with Crippen LogP contribution in [0.5, 0.6) is 5.75 Å². The Balaban J connectivity index is 1.41. The van der Waals surface area contributed by atoms with Crippen molar-refractivity contribution < 1.29 is 9.57 Å². The van der Waals surface area contributed by atoms with Gasteiger partial charge in [-0.1, -0.05) is 48.5 Å². The van der Waals surface area contributed by atoms with Crippen molar-refractivity contribution in [2.24, 2.45) is 5.73 Å². The number of nitrogens with two attached hydrogens (primary N) is 1. The van der Waals surface area contributed by atoms with Crippen LogP contribution >= 0.6 is 0 Å². The van der Waals surface area contributed by atoms with Crippen LogP contribution in [0.3, 0.4) is 0 Å². The van der Waals surface area contributed by atoms with E-state index in [0.29, 0.717) is 19.6 Å².